The lowest BCUT2D eigenvalue weighted by molar-refractivity contribution is -0.150. The Hall–Kier alpha value is -1.26. The number of carbonyl (C=O) groups is 2. The van der Waals surface area contributed by atoms with Crippen molar-refractivity contribution in [2.45, 2.75) is 143 Å². The van der Waals surface area contributed by atoms with Crippen molar-refractivity contribution in [2.24, 2.45) is 5.92 Å². The van der Waals surface area contributed by atoms with Crippen LogP contribution < -0.4 is 0 Å². The van der Waals surface area contributed by atoms with E-state index >= 15 is 0 Å². The average molecular weight is 470 g/mol. The third kappa shape index (κ3) is 17.8. The van der Waals surface area contributed by atoms with E-state index in [1.54, 1.807) is 7.05 Å². The van der Waals surface area contributed by atoms with Gasteiger partial charge in [0.2, 0.25) is 0 Å². The average Bonchev–Trinajstić information content (AvgIpc) is 2.78. The molecule has 1 amide bonds. The molecule has 0 aliphatic heterocycles. The normalized spacial score (nSPS) is 12.1. The molecular formula is C28H55NO4. The maximum absolute atomic E-state index is 12.6. The maximum Gasteiger partial charge on any atom is 0.410 e. The number of amides is 1. The monoisotopic (exact) mass is 469 g/mol. The molecule has 0 aromatic heterocycles. The molecule has 1 atom stereocenters. The minimum absolute atomic E-state index is 0.0265. The van der Waals surface area contributed by atoms with Gasteiger partial charge in [-0.3, -0.25) is 4.90 Å². The predicted octanol–water partition coefficient (Wildman–Crippen LogP) is 8.29. The Morgan fingerprint density at radius 2 is 0.970 bits per heavy atom. The standard InChI is InChI=1S/C28H55NO4/c1-6-8-10-12-14-15-16-17-18-20-21-23-32-27(30)26(25(3)4)29(5)28(31)33-24-22-19-13-11-9-7-2/h25-26H,6-24H2,1-5H3. The molecule has 5 heteroatoms. The van der Waals surface area contributed by atoms with Crippen LogP contribution in [0.15, 0.2) is 0 Å². The van der Waals surface area contributed by atoms with Gasteiger partial charge in [-0.25, -0.2) is 9.59 Å². The van der Waals surface area contributed by atoms with Crippen LogP contribution in [0.3, 0.4) is 0 Å². The zero-order valence-corrected chi connectivity index (χ0v) is 22.7. The zero-order chi connectivity index (χ0) is 24.7. The smallest absolute Gasteiger partial charge is 0.410 e. The van der Waals surface area contributed by atoms with Crippen LogP contribution in [-0.2, 0) is 14.3 Å². The van der Waals surface area contributed by atoms with E-state index in [0.717, 1.165) is 25.7 Å². The van der Waals surface area contributed by atoms with E-state index < -0.39 is 12.1 Å². The van der Waals surface area contributed by atoms with Crippen molar-refractivity contribution >= 4 is 12.1 Å². The second kappa shape index (κ2) is 22.5. The molecule has 0 aromatic rings. The first-order chi connectivity index (χ1) is 16.0. The lowest BCUT2D eigenvalue weighted by Gasteiger charge is -2.28. The van der Waals surface area contributed by atoms with Crippen LogP contribution in [-0.4, -0.2) is 43.3 Å². The van der Waals surface area contributed by atoms with Gasteiger partial charge in [0.15, 0.2) is 0 Å². The summed E-state index contributed by atoms with van der Waals surface area (Å²) in [5.74, 6) is -0.350. The van der Waals surface area contributed by atoms with Gasteiger partial charge >= 0.3 is 12.1 Å². The molecule has 0 aliphatic rings. The summed E-state index contributed by atoms with van der Waals surface area (Å²) in [4.78, 5) is 26.4. The van der Waals surface area contributed by atoms with E-state index in [1.165, 1.54) is 88.4 Å². The van der Waals surface area contributed by atoms with Gasteiger partial charge < -0.3 is 9.47 Å². The molecule has 196 valence electrons. The van der Waals surface area contributed by atoms with Crippen LogP contribution in [0.2, 0.25) is 0 Å². The van der Waals surface area contributed by atoms with Crippen molar-refractivity contribution in [1.82, 2.24) is 4.90 Å². The number of unbranched alkanes of at least 4 members (excludes halogenated alkanes) is 15. The van der Waals surface area contributed by atoms with E-state index in [-0.39, 0.29) is 11.9 Å². The van der Waals surface area contributed by atoms with Crippen LogP contribution >= 0.6 is 0 Å². The van der Waals surface area contributed by atoms with E-state index in [1.807, 2.05) is 13.8 Å². The number of likely N-dealkylation sites (N-methyl/N-ethyl adjacent to an activating group) is 1. The summed E-state index contributed by atoms with van der Waals surface area (Å²) in [6, 6.07) is -0.602. The Balaban J connectivity index is 3.96. The number of carbonyl (C=O) groups excluding carboxylic acids is 2. The molecular weight excluding hydrogens is 414 g/mol. The minimum Gasteiger partial charge on any atom is -0.464 e. The van der Waals surface area contributed by atoms with E-state index in [2.05, 4.69) is 13.8 Å². The molecule has 0 bridgehead atoms. The molecule has 1 unspecified atom stereocenters. The van der Waals surface area contributed by atoms with Gasteiger partial charge in [-0.1, -0.05) is 124 Å². The molecule has 0 saturated heterocycles. The van der Waals surface area contributed by atoms with Crippen molar-refractivity contribution in [1.29, 1.82) is 0 Å². The molecule has 0 saturated carbocycles. The van der Waals surface area contributed by atoms with Gasteiger partial charge in [-0.15, -0.1) is 0 Å². The van der Waals surface area contributed by atoms with Gasteiger partial charge in [0.05, 0.1) is 13.2 Å². The Morgan fingerprint density at radius 3 is 1.36 bits per heavy atom. The van der Waals surface area contributed by atoms with Crippen LogP contribution in [0.4, 0.5) is 4.79 Å². The third-order valence-electron chi connectivity index (χ3n) is 6.29. The third-order valence-corrected chi connectivity index (χ3v) is 6.29. The Morgan fingerprint density at radius 1 is 0.606 bits per heavy atom. The second-order valence-corrected chi connectivity index (χ2v) is 9.88. The Labute approximate surface area is 205 Å². The van der Waals surface area contributed by atoms with Gasteiger partial charge in [-0.05, 0) is 18.8 Å². The molecule has 33 heavy (non-hydrogen) atoms. The summed E-state index contributed by atoms with van der Waals surface area (Å²) in [6.07, 6.45) is 20.3. The summed E-state index contributed by atoms with van der Waals surface area (Å²) >= 11 is 0. The highest BCUT2D eigenvalue weighted by molar-refractivity contribution is 5.81. The lowest BCUT2D eigenvalue weighted by Crippen LogP contribution is -2.46. The molecule has 0 N–H and O–H groups in total. The highest BCUT2D eigenvalue weighted by Gasteiger charge is 2.32. The van der Waals surface area contributed by atoms with E-state index in [4.69, 9.17) is 9.47 Å². The molecule has 0 aliphatic carbocycles. The van der Waals surface area contributed by atoms with E-state index in [0.29, 0.717) is 13.2 Å². The van der Waals surface area contributed by atoms with Crippen LogP contribution in [0.5, 0.6) is 0 Å². The van der Waals surface area contributed by atoms with Crippen molar-refractivity contribution < 1.29 is 19.1 Å². The molecule has 0 heterocycles. The number of nitrogens with zero attached hydrogens (tertiary/aromatic N) is 1. The number of hydrogen-bond donors (Lipinski definition) is 0. The molecule has 5 nitrogen and oxygen atoms in total. The number of ether oxygens (including phenoxy) is 2. The topological polar surface area (TPSA) is 55.8 Å². The minimum atomic E-state index is -0.602. The fourth-order valence-corrected chi connectivity index (χ4v) is 4.16. The van der Waals surface area contributed by atoms with Crippen molar-refractivity contribution in [3.8, 4) is 0 Å². The fourth-order valence-electron chi connectivity index (χ4n) is 4.16. The summed E-state index contributed by atoms with van der Waals surface area (Å²) in [7, 11) is 1.64. The van der Waals surface area contributed by atoms with Crippen molar-refractivity contribution in [3.63, 3.8) is 0 Å². The molecule has 0 spiro atoms. The first-order valence-corrected chi connectivity index (χ1v) is 14.0. The first-order valence-electron chi connectivity index (χ1n) is 14.0. The Bertz CT molecular complexity index is 467. The quantitative estimate of drug-likeness (QED) is 0.118. The molecule has 0 fully saturated rings. The Kier molecular flexibility index (Phi) is 21.7. The van der Waals surface area contributed by atoms with Crippen molar-refractivity contribution in [3.05, 3.63) is 0 Å². The molecule has 0 aromatic carbocycles. The maximum atomic E-state index is 12.6. The van der Waals surface area contributed by atoms with E-state index in [9.17, 15) is 9.59 Å². The largest absolute Gasteiger partial charge is 0.464 e. The molecule has 0 radical (unpaired) electrons. The number of hydrogen-bond acceptors (Lipinski definition) is 4. The predicted molar refractivity (Wildman–Crippen MR) is 139 cm³/mol. The van der Waals surface area contributed by atoms with Gasteiger partial charge in [0, 0.05) is 7.05 Å². The first kappa shape index (κ1) is 31.7. The van der Waals surface area contributed by atoms with Gasteiger partial charge in [0.1, 0.15) is 6.04 Å². The number of rotatable bonds is 22. The summed E-state index contributed by atoms with van der Waals surface area (Å²) in [6.45, 7) is 9.17. The summed E-state index contributed by atoms with van der Waals surface area (Å²) in [5.41, 5.74) is 0. The van der Waals surface area contributed by atoms with Crippen molar-refractivity contribution in [2.75, 3.05) is 20.3 Å². The SMILES string of the molecule is CCCCCCCCCCCCCOC(=O)C(C(C)C)N(C)C(=O)OCCCCCCCC. The lowest BCUT2D eigenvalue weighted by atomic mass is 10.0. The second-order valence-electron chi connectivity index (χ2n) is 9.88. The van der Waals surface area contributed by atoms with Gasteiger partial charge in [0.25, 0.3) is 0 Å². The highest BCUT2D eigenvalue weighted by Crippen LogP contribution is 2.15. The molecule has 0 rings (SSSR count). The summed E-state index contributed by atoms with van der Waals surface area (Å²) in [5, 5.41) is 0. The fraction of sp³-hybridized carbons (Fsp3) is 0.929. The van der Waals surface area contributed by atoms with Crippen LogP contribution in [0, 0.1) is 5.92 Å². The zero-order valence-electron chi connectivity index (χ0n) is 22.7. The highest BCUT2D eigenvalue weighted by atomic mass is 16.6. The summed E-state index contributed by atoms with van der Waals surface area (Å²) < 4.78 is 10.9. The van der Waals surface area contributed by atoms with Crippen LogP contribution in [0.25, 0.3) is 0 Å². The number of esters is 1. The van der Waals surface area contributed by atoms with Crippen LogP contribution in [0.1, 0.15) is 137 Å². The van der Waals surface area contributed by atoms with Gasteiger partial charge in [-0.2, -0.15) is 0 Å².